The van der Waals surface area contributed by atoms with Crippen molar-refractivity contribution in [3.8, 4) is 0 Å². The largest absolute Gasteiger partial charge is 0.391 e. The number of hydrogen-bond acceptors (Lipinski definition) is 4. The third-order valence-corrected chi connectivity index (χ3v) is 5.32. The van der Waals surface area contributed by atoms with Gasteiger partial charge in [0.05, 0.1) is 12.7 Å². The van der Waals surface area contributed by atoms with Crippen LogP contribution in [0.15, 0.2) is 0 Å². The Morgan fingerprint density at radius 3 is 2.50 bits per heavy atom. The summed E-state index contributed by atoms with van der Waals surface area (Å²) in [6.45, 7) is 4.51. The second-order valence-corrected chi connectivity index (χ2v) is 7.25. The number of amides is 2. The molecule has 6 heteroatoms. The Labute approximate surface area is 132 Å². The number of nitrogens with zero attached hydrogens (tertiary/aromatic N) is 2. The van der Waals surface area contributed by atoms with Crippen molar-refractivity contribution in [1.29, 1.82) is 0 Å². The number of carbonyl (C=O) groups excluding carboxylic acids is 1. The van der Waals surface area contributed by atoms with Gasteiger partial charge in [-0.25, -0.2) is 4.79 Å². The van der Waals surface area contributed by atoms with Gasteiger partial charge < -0.3 is 25.0 Å². The molecule has 2 saturated heterocycles. The van der Waals surface area contributed by atoms with E-state index in [0.29, 0.717) is 25.6 Å². The highest BCUT2D eigenvalue weighted by Crippen LogP contribution is 2.33. The number of aliphatic hydroxyl groups excluding tert-OH is 1. The van der Waals surface area contributed by atoms with E-state index in [4.69, 9.17) is 4.74 Å². The number of likely N-dealkylation sites (tertiary alicyclic amines) is 2. The Hall–Kier alpha value is -0.850. The molecule has 2 amide bonds. The van der Waals surface area contributed by atoms with Gasteiger partial charge in [0.1, 0.15) is 0 Å². The second kappa shape index (κ2) is 6.72. The molecule has 3 aliphatic rings. The Bertz CT molecular complexity index is 392. The minimum Gasteiger partial charge on any atom is -0.391 e. The van der Waals surface area contributed by atoms with Gasteiger partial charge in [-0.15, -0.1) is 0 Å². The van der Waals surface area contributed by atoms with E-state index in [1.165, 1.54) is 12.8 Å². The van der Waals surface area contributed by atoms with E-state index in [9.17, 15) is 9.90 Å². The molecule has 3 fully saturated rings. The number of ether oxygens (including phenoxy) is 1. The van der Waals surface area contributed by atoms with Crippen molar-refractivity contribution in [2.75, 3.05) is 46.4 Å². The first-order valence-electron chi connectivity index (χ1n) is 8.56. The molecule has 2 heterocycles. The van der Waals surface area contributed by atoms with Crippen LogP contribution in [0.3, 0.4) is 0 Å². The Balaban J connectivity index is 1.51. The summed E-state index contributed by atoms with van der Waals surface area (Å²) >= 11 is 0. The van der Waals surface area contributed by atoms with Crippen molar-refractivity contribution < 1.29 is 14.6 Å². The van der Waals surface area contributed by atoms with Crippen molar-refractivity contribution in [2.45, 2.75) is 44.2 Å². The predicted octanol–water partition coefficient (Wildman–Crippen LogP) is 0.654. The highest BCUT2D eigenvalue weighted by Gasteiger charge is 2.39. The number of hydrogen-bond donors (Lipinski definition) is 2. The van der Waals surface area contributed by atoms with Crippen LogP contribution in [0.1, 0.15) is 32.1 Å². The summed E-state index contributed by atoms with van der Waals surface area (Å²) in [4.78, 5) is 16.2. The summed E-state index contributed by atoms with van der Waals surface area (Å²) in [5.41, 5.74) is 0.165. The lowest BCUT2D eigenvalue weighted by atomic mass is 9.79. The van der Waals surface area contributed by atoms with Crippen molar-refractivity contribution in [3.63, 3.8) is 0 Å². The minimum absolute atomic E-state index is 0.0951. The molecule has 0 aromatic carbocycles. The third kappa shape index (κ3) is 3.73. The average molecular weight is 311 g/mol. The lowest BCUT2D eigenvalue weighted by Gasteiger charge is -2.42. The van der Waals surface area contributed by atoms with Crippen LogP contribution in [0.2, 0.25) is 0 Å². The molecule has 1 aliphatic carbocycles. The molecule has 1 unspecified atom stereocenters. The molecule has 3 rings (SSSR count). The zero-order valence-corrected chi connectivity index (χ0v) is 13.6. The molecule has 2 aliphatic heterocycles. The van der Waals surface area contributed by atoms with Gasteiger partial charge in [0, 0.05) is 51.3 Å². The zero-order chi connectivity index (χ0) is 15.6. The molecule has 0 bridgehead atoms. The van der Waals surface area contributed by atoms with E-state index >= 15 is 0 Å². The molecule has 1 saturated carbocycles. The topological polar surface area (TPSA) is 65.0 Å². The molecule has 0 spiro atoms. The van der Waals surface area contributed by atoms with Crippen LogP contribution in [0.5, 0.6) is 0 Å². The number of carbonyl (C=O) groups is 1. The maximum Gasteiger partial charge on any atom is 0.320 e. The molecule has 126 valence electrons. The smallest absolute Gasteiger partial charge is 0.320 e. The average Bonchev–Trinajstić information content (AvgIpc) is 3.26. The summed E-state index contributed by atoms with van der Waals surface area (Å²) in [6, 6.07) is 0.803. The van der Waals surface area contributed by atoms with Crippen LogP contribution in [0.25, 0.3) is 0 Å². The first kappa shape index (κ1) is 16.0. The Morgan fingerprint density at radius 2 is 1.95 bits per heavy atom. The minimum atomic E-state index is -0.343. The molecule has 22 heavy (non-hydrogen) atoms. The molecule has 0 aromatic rings. The molecule has 0 aromatic heterocycles. The lowest BCUT2D eigenvalue weighted by molar-refractivity contribution is 0.0261. The summed E-state index contributed by atoms with van der Waals surface area (Å²) in [6.07, 6.45) is 4.93. The summed E-state index contributed by atoms with van der Waals surface area (Å²) in [5, 5.41) is 13.2. The van der Waals surface area contributed by atoms with E-state index in [1.54, 1.807) is 12.0 Å². The quantitative estimate of drug-likeness (QED) is 0.783. The SMILES string of the molecule is COCC1(CNC2CC2)CCN(C(=O)N2CCC(O)C2)CC1. The van der Waals surface area contributed by atoms with Crippen LogP contribution in [-0.4, -0.2) is 79.5 Å². The van der Waals surface area contributed by atoms with E-state index in [2.05, 4.69) is 5.32 Å². The van der Waals surface area contributed by atoms with Crippen molar-refractivity contribution in [1.82, 2.24) is 15.1 Å². The van der Waals surface area contributed by atoms with Crippen molar-refractivity contribution in [3.05, 3.63) is 0 Å². The van der Waals surface area contributed by atoms with Gasteiger partial charge in [0.25, 0.3) is 0 Å². The van der Waals surface area contributed by atoms with Crippen LogP contribution >= 0.6 is 0 Å². The number of methoxy groups -OCH3 is 1. The number of rotatable bonds is 5. The van der Waals surface area contributed by atoms with Gasteiger partial charge >= 0.3 is 6.03 Å². The molecule has 1 atom stereocenters. The normalized spacial score (nSPS) is 28.2. The monoisotopic (exact) mass is 311 g/mol. The van der Waals surface area contributed by atoms with E-state index in [1.807, 2.05) is 4.90 Å². The number of β-amino-alcohol motifs (C(OH)–C–C–N with tert-alkyl or cyclic N) is 1. The Kier molecular flexibility index (Phi) is 4.90. The van der Waals surface area contributed by atoms with Gasteiger partial charge in [-0.1, -0.05) is 0 Å². The van der Waals surface area contributed by atoms with Gasteiger partial charge in [-0.2, -0.15) is 0 Å². The summed E-state index contributed by atoms with van der Waals surface area (Å²) in [5.74, 6) is 0. The number of piperidine rings is 1. The van der Waals surface area contributed by atoms with Crippen molar-refractivity contribution in [2.24, 2.45) is 5.41 Å². The fourth-order valence-electron chi connectivity index (χ4n) is 3.61. The van der Waals surface area contributed by atoms with Crippen LogP contribution in [-0.2, 0) is 4.74 Å². The van der Waals surface area contributed by atoms with Crippen LogP contribution < -0.4 is 5.32 Å². The van der Waals surface area contributed by atoms with Gasteiger partial charge in [-0.3, -0.25) is 0 Å². The third-order valence-electron chi connectivity index (χ3n) is 5.32. The Morgan fingerprint density at radius 1 is 1.23 bits per heavy atom. The fraction of sp³-hybridized carbons (Fsp3) is 0.938. The maximum absolute atomic E-state index is 12.5. The number of urea groups is 1. The van der Waals surface area contributed by atoms with Crippen LogP contribution in [0, 0.1) is 5.41 Å². The highest BCUT2D eigenvalue weighted by atomic mass is 16.5. The standard InChI is InChI=1S/C16H29N3O3/c1-22-12-16(11-17-13-2-3-13)5-8-18(9-6-16)15(21)19-7-4-14(20)10-19/h13-14,17,20H,2-12H2,1H3. The number of aliphatic hydroxyl groups is 1. The number of nitrogens with one attached hydrogen (secondary N) is 1. The molecule has 2 N–H and O–H groups in total. The fourth-order valence-corrected chi connectivity index (χ4v) is 3.61. The first-order valence-corrected chi connectivity index (χ1v) is 8.56. The van der Waals surface area contributed by atoms with Gasteiger partial charge in [0.2, 0.25) is 0 Å². The lowest BCUT2D eigenvalue weighted by Crippen LogP contribution is -2.52. The molecular weight excluding hydrogens is 282 g/mol. The summed E-state index contributed by atoms with van der Waals surface area (Å²) in [7, 11) is 1.77. The van der Waals surface area contributed by atoms with E-state index in [-0.39, 0.29) is 17.6 Å². The van der Waals surface area contributed by atoms with E-state index in [0.717, 1.165) is 39.1 Å². The maximum atomic E-state index is 12.5. The predicted molar refractivity (Wildman–Crippen MR) is 83.7 cm³/mol. The van der Waals surface area contributed by atoms with Gasteiger partial charge in [0.15, 0.2) is 0 Å². The second-order valence-electron chi connectivity index (χ2n) is 7.25. The molecule has 6 nitrogen and oxygen atoms in total. The highest BCUT2D eigenvalue weighted by molar-refractivity contribution is 5.75. The van der Waals surface area contributed by atoms with E-state index < -0.39 is 0 Å². The molecule has 0 radical (unpaired) electrons. The first-order chi connectivity index (χ1) is 10.6. The van der Waals surface area contributed by atoms with Crippen molar-refractivity contribution >= 4 is 6.03 Å². The van der Waals surface area contributed by atoms with Crippen LogP contribution in [0.4, 0.5) is 4.79 Å². The zero-order valence-electron chi connectivity index (χ0n) is 13.6. The molecular formula is C16H29N3O3. The van der Waals surface area contributed by atoms with Gasteiger partial charge in [-0.05, 0) is 32.1 Å². The summed E-state index contributed by atoms with van der Waals surface area (Å²) < 4.78 is 5.46.